The van der Waals surface area contributed by atoms with Gasteiger partial charge in [-0.3, -0.25) is 0 Å². The minimum absolute atomic E-state index is 0.240. The van der Waals surface area contributed by atoms with E-state index in [9.17, 15) is 4.79 Å². The van der Waals surface area contributed by atoms with Crippen LogP contribution in [-0.2, 0) is 0 Å². The third-order valence-corrected chi connectivity index (χ3v) is 3.86. The van der Waals surface area contributed by atoms with Crippen LogP contribution in [0.3, 0.4) is 0 Å². The molecular formula is C20H24N4O2. The highest BCUT2D eigenvalue weighted by Gasteiger charge is 2.13. The van der Waals surface area contributed by atoms with Crippen LogP contribution in [-0.4, -0.2) is 22.6 Å². The zero-order valence-electron chi connectivity index (χ0n) is 15.2. The number of ether oxygens (including phenoxy) is 1. The second-order valence-electron chi connectivity index (χ2n) is 6.69. The van der Waals surface area contributed by atoms with Gasteiger partial charge in [0.25, 0.3) is 0 Å². The number of urea groups is 1. The Hall–Kier alpha value is -3.02. The van der Waals surface area contributed by atoms with E-state index in [2.05, 4.69) is 34.4 Å². The van der Waals surface area contributed by atoms with Crippen LogP contribution in [0.5, 0.6) is 5.75 Å². The maximum absolute atomic E-state index is 12.2. The van der Waals surface area contributed by atoms with Crippen LogP contribution < -0.4 is 15.4 Å². The molecule has 0 aliphatic rings. The number of imidazole rings is 1. The van der Waals surface area contributed by atoms with E-state index >= 15 is 0 Å². The maximum atomic E-state index is 12.2. The molecule has 2 aromatic carbocycles. The molecule has 0 bridgehead atoms. The van der Waals surface area contributed by atoms with Crippen molar-refractivity contribution in [3.8, 4) is 5.75 Å². The molecule has 0 saturated carbocycles. The van der Waals surface area contributed by atoms with Gasteiger partial charge in [0, 0.05) is 5.69 Å². The molecule has 1 aromatic heterocycles. The number of hydrogen-bond acceptors (Lipinski definition) is 3. The minimum atomic E-state index is -0.284. The van der Waals surface area contributed by atoms with Gasteiger partial charge in [-0.25, -0.2) is 9.78 Å². The first-order valence-corrected chi connectivity index (χ1v) is 8.76. The molecule has 26 heavy (non-hydrogen) atoms. The Kier molecular flexibility index (Phi) is 5.41. The number of para-hydroxylation sites is 2. The number of rotatable bonds is 6. The molecule has 0 saturated heterocycles. The Bertz CT molecular complexity index is 838. The first kappa shape index (κ1) is 17.8. The van der Waals surface area contributed by atoms with Gasteiger partial charge in [-0.15, -0.1) is 0 Å². The van der Waals surface area contributed by atoms with E-state index in [0.717, 1.165) is 22.6 Å². The summed E-state index contributed by atoms with van der Waals surface area (Å²) in [5.41, 5.74) is 2.54. The van der Waals surface area contributed by atoms with Crippen molar-refractivity contribution in [1.29, 1.82) is 0 Å². The molecule has 6 heteroatoms. The summed E-state index contributed by atoms with van der Waals surface area (Å²) in [6, 6.07) is 14.6. The third-order valence-electron chi connectivity index (χ3n) is 3.86. The molecule has 0 aliphatic heterocycles. The van der Waals surface area contributed by atoms with Gasteiger partial charge in [-0.2, -0.15) is 0 Å². The van der Waals surface area contributed by atoms with Gasteiger partial charge >= 0.3 is 6.03 Å². The number of benzene rings is 2. The number of carbonyl (C=O) groups is 1. The zero-order valence-corrected chi connectivity index (χ0v) is 15.2. The Morgan fingerprint density at radius 2 is 1.85 bits per heavy atom. The van der Waals surface area contributed by atoms with E-state index in [1.54, 1.807) is 0 Å². The fourth-order valence-electron chi connectivity index (χ4n) is 2.51. The highest BCUT2D eigenvalue weighted by atomic mass is 16.5. The fraction of sp³-hybridized carbons (Fsp3) is 0.300. The van der Waals surface area contributed by atoms with Crippen LogP contribution in [0.2, 0.25) is 0 Å². The number of aromatic amines is 1. The standard InChI is InChI=1S/C20H24N4O2/c1-13(2)12-26-16-10-8-15(9-11-16)22-20(25)21-14(3)19-23-17-6-4-5-7-18(17)24-19/h4-11,13-14H,12H2,1-3H3,(H,23,24)(H2,21,22,25)/t14-/m0/s1. The second kappa shape index (κ2) is 7.91. The second-order valence-corrected chi connectivity index (χ2v) is 6.69. The van der Waals surface area contributed by atoms with Crippen LogP contribution in [0.1, 0.15) is 32.6 Å². The molecular weight excluding hydrogens is 328 g/mol. The number of fused-ring (bicyclic) bond motifs is 1. The first-order valence-electron chi connectivity index (χ1n) is 8.76. The normalized spacial score (nSPS) is 12.2. The van der Waals surface area contributed by atoms with Gasteiger partial charge in [0.2, 0.25) is 0 Å². The van der Waals surface area contributed by atoms with Crippen LogP contribution >= 0.6 is 0 Å². The van der Waals surface area contributed by atoms with Gasteiger partial charge in [0.05, 0.1) is 23.7 Å². The average Bonchev–Trinajstić information content (AvgIpc) is 3.05. The molecule has 0 radical (unpaired) electrons. The predicted octanol–water partition coefficient (Wildman–Crippen LogP) is 4.48. The monoisotopic (exact) mass is 352 g/mol. The molecule has 3 rings (SSSR count). The van der Waals surface area contributed by atoms with E-state index in [-0.39, 0.29) is 12.1 Å². The summed E-state index contributed by atoms with van der Waals surface area (Å²) >= 11 is 0. The number of aromatic nitrogens is 2. The molecule has 0 aliphatic carbocycles. The first-order chi connectivity index (χ1) is 12.5. The number of anilines is 1. The average molecular weight is 352 g/mol. The van der Waals surface area contributed by atoms with Gasteiger partial charge in [-0.05, 0) is 49.2 Å². The summed E-state index contributed by atoms with van der Waals surface area (Å²) in [5, 5.41) is 5.71. The van der Waals surface area contributed by atoms with Crippen LogP contribution in [0.15, 0.2) is 48.5 Å². The maximum Gasteiger partial charge on any atom is 0.319 e. The molecule has 3 aromatic rings. The van der Waals surface area contributed by atoms with Gasteiger partial charge in [0.15, 0.2) is 0 Å². The molecule has 3 N–H and O–H groups in total. The largest absolute Gasteiger partial charge is 0.493 e. The fourth-order valence-corrected chi connectivity index (χ4v) is 2.51. The Morgan fingerprint density at radius 3 is 2.54 bits per heavy atom. The summed E-state index contributed by atoms with van der Waals surface area (Å²) in [6.45, 7) is 6.76. The van der Waals surface area contributed by atoms with Crippen LogP contribution in [0.4, 0.5) is 10.5 Å². The number of H-pyrrole nitrogens is 1. The van der Waals surface area contributed by atoms with Crippen molar-refractivity contribution in [2.24, 2.45) is 5.92 Å². The van der Waals surface area contributed by atoms with E-state index in [4.69, 9.17) is 4.74 Å². The Morgan fingerprint density at radius 1 is 1.12 bits per heavy atom. The lowest BCUT2D eigenvalue weighted by Gasteiger charge is -2.13. The van der Waals surface area contributed by atoms with Crippen molar-refractivity contribution >= 4 is 22.8 Å². The Balaban J connectivity index is 1.56. The molecule has 2 amide bonds. The number of nitrogens with zero attached hydrogens (tertiary/aromatic N) is 1. The van der Waals surface area contributed by atoms with Gasteiger partial charge < -0.3 is 20.4 Å². The highest BCUT2D eigenvalue weighted by molar-refractivity contribution is 5.89. The number of carbonyl (C=O) groups excluding carboxylic acids is 1. The van der Waals surface area contributed by atoms with E-state index in [1.807, 2.05) is 55.5 Å². The predicted molar refractivity (Wildman–Crippen MR) is 103 cm³/mol. The van der Waals surface area contributed by atoms with Gasteiger partial charge in [0.1, 0.15) is 11.6 Å². The zero-order chi connectivity index (χ0) is 18.5. The van der Waals surface area contributed by atoms with Crippen molar-refractivity contribution in [3.05, 3.63) is 54.4 Å². The SMILES string of the molecule is CC(C)COc1ccc(NC(=O)N[C@@H](C)c2nc3ccccc3[nH]2)cc1. The number of hydrogen-bond donors (Lipinski definition) is 3. The lowest BCUT2D eigenvalue weighted by molar-refractivity contribution is 0.249. The Labute approximate surface area is 153 Å². The smallest absolute Gasteiger partial charge is 0.319 e. The van der Waals surface area contributed by atoms with E-state index < -0.39 is 0 Å². The van der Waals surface area contributed by atoms with Crippen LogP contribution in [0.25, 0.3) is 11.0 Å². The van der Waals surface area contributed by atoms with Crippen molar-refractivity contribution in [3.63, 3.8) is 0 Å². The quantitative estimate of drug-likeness (QED) is 0.612. The molecule has 0 spiro atoms. The molecule has 1 atom stereocenters. The molecule has 0 unspecified atom stereocenters. The summed E-state index contributed by atoms with van der Waals surface area (Å²) in [6.07, 6.45) is 0. The lowest BCUT2D eigenvalue weighted by atomic mass is 10.2. The topological polar surface area (TPSA) is 79.0 Å². The van der Waals surface area contributed by atoms with Crippen molar-refractivity contribution in [2.45, 2.75) is 26.8 Å². The number of amides is 2. The lowest BCUT2D eigenvalue weighted by Crippen LogP contribution is -2.31. The summed E-state index contributed by atoms with van der Waals surface area (Å²) in [7, 11) is 0. The molecule has 136 valence electrons. The molecule has 6 nitrogen and oxygen atoms in total. The van der Waals surface area contributed by atoms with Crippen LogP contribution in [0, 0.1) is 5.92 Å². The molecule has 1 heterocycles. The van der Waals surface area contributed by atoms with E-state index in [1.165, 1.54) is 0 Å². The van der Waals surface area contributed by atoms with Crippen molar-refractivity contribution in [2.75, 3.05) is 11.9 Å². The summed E-state index contributed by atoms with van der Waals surface area (Å²) < 4.78 is 5.64. The highest BCUT2D eigenvalue weighted by Crippen LogP contribution is 2.18. The van der Waals surface area contributed by atoms with Crippen molar-refractivity contribution < 1.29 is 9.53 Å². The summed E-state index contributed by atoms with van der Waals surface area (Å²) in [5.74, 6) is 1.98. The minimum Gasteiger partial charge on any atom is -0.493 e. The number of nitrogens with one attached hydrogen (secondary N) is 3. The third kappa shape index (κ3) is 4.53. The van der Waals surface area contributed by atoms with E-state index in [0.29, 0.717) is 18.2 Å². The summed E-state index contributed by atoms with van der Waals surface area (Å²) in [4.78, 5) is 19.9. The molecule has 0 fully saturated rings. The van der Waals surface area contributed by atoms with Gasteiger partial charge in [-0.1, -0.05) is 26.0 Å². The van der Waals surface area contributed by atoms with Crippen molar-refractivity contribution in [1.82, 2.24) is 15.3 Å².